The summed E-state index contributed by atoms with van der Waals surface area (Å²) in [5.74, 6) is 1.62. The maximum Gasteiger partial charge on any atom is 0.246 e. The summed E-state index contributed by atoms with van der Waals surface area (Å²) in [6.45, 7) is 6.45. The van der Waals surface area contributed by atoms with Gasteiger partial charge in [0, 0.05) is 37.9 Å². The van der Waals surface area contributed by atoms with Crippen LogP contribution in [0.3, 0.4) is 0 Å². The molecule has 5 nitrogen and oxygen atoms in total. The molecule has 0 saturated carbocycles. The van der Waals surface area contributed by atoms with Gasteiger partial charge < -0.3 is 9.80 Å². The number of aromatic nitrogens is 2. The van der Waals surface area contributed by atoms with Gasteiger partial charge in [-0.3, -0.25) is 4.79 Å². The van der Waals surface area contributed by atoms with Crippen molar-refractivity contribution in [2.45, 2.75) is 0 Å². The molecule has 1 aliphatic rings. The zero-order valence-electron chi connectivity index (χ0n) is 12.4. The van der Waals surface area contributed by atoms with Gasteiger partial charge in [-0.05, 0) is 12.1 Å². The van der Waals surface area contributed by atoms with Gasteiger partial charge in [0.1, 0.15) is 5.82 Å². The van der Waals surface area contributed by atoms with Crippen LogP contribution in [0.4, 0.5) is 5.82 Å². The Morgan fingerprint density at radius 3 is 2.50 bits per heavy atom. The summed E-state index contributed by atoms with van der Waals surface area (Å²) in [5, 5.41) is 0. The third-order valence-electron chi connectivity index (χ3n) is 3.76. The number of rotatable bonds is 3. The third-order valence-corrected chi connectivity index (χ3v) is 3.76. The average Bonchev–Trinajstić information content (AvgIpc) is 2.62. The van der Waals surface area contributed by atoms with Crippen LogP contribution in [0.2, 0.25) is 0 Å². The molecule has 5 heteroatoms. The molecule has 1 saturated heterocycles. The summed E-state index contributed by atoms with van der Waals surface area (Å²) in [5.41, 5.74) is 1.00. The molecule has 2 aromatic rings. The quantitative estimate of drug-likeness (QED) is 0.812. The smallest absolute Gasteiger partial charge is 0.246 e. The Balaban J connectivity index is 1.74. The molecule has 1 amide bonds. The molecule has 1 aromatic heterocycles. The van der Waals surface area contributed by atoms with Crippen LogP contribution < -0.4 is 4.90 Å². The number of hydrogen-bond acceptors (Lipinski definition) is 4. The molecule has 2 heterocycles. The van der Waals surface area contributed by atoms with E-state index in [0.29, 0.717) is 13.1 Å². The molecule has 1 fully saturated rings. The molecule has 1 aromatic carbocycles. The summed E-state index contributed by atoms with van der Waals surface area (Å²) in [6, 6.07) is 11.8. The van der Waals surface area contributed by atoms with Crippen LogP contribution in [-0.2, 0) is 4.79 Å². The Labute approximate surface area is 129 Å². The number of amides is 1. The number of benzene rings is 1. The van der Waals surface area contributed by atoms with Crippen molar-refractivity contribution in [1.82, 2.24) is 14.9 Å². The highest BCUT2D eigenvalue weighted by atomic mass is 16.2. The summed E-state index contributed by atoms with van der Waals surface area (Å²) < 4.78 is 0. The van der Waals surface area contributed by atoms with E-state index >= 15 is 0 Å². The first-order valence-electron chi connectivity index (χ1n) is 7.32. The van der Waals surface area contributed by atoms with Crippen LogP contribution >= 0.6 is 0 Å². The second kappa shape index (κ2) is 6.39. The van der Waals surface area contributed by atoms with Gasteiger partial charge in [0.15, 0.2) is 5.82 Å². The normalized spacial score (nSPS) is 14.7. The van der Waals surface area contributed by atoms with Crippen LogP contribution in [0, 0.1) is 0 Å². The van der Waals surface area contributed by atoms with E-state index in [4.69, 9.17) is 0 Å². The Hall–Kier alpha value is -2.69. The van der Waals surface area contributed by atoms with Gasteiger partial charge in [0.05, 0.1) is 0 Å². The highest BCUT2D eigenvalue weighted by Gasteiger charge is 2.20. The Bertz CT molecular complexity index is 663. The molecular weight excluding hydrogens is 276 g/mol. The lowest BCUT2D eigenvalue weighted by molar-refractivity contribution is -0.126. The monoisotopic (exact) mass is 294 g/mol. The number of nitrogens with zero attached hydrogens (tertiary/aromatic N) is 4. The minimum atomic E-state index is -0.00712. The van der Waals surface area contributed by atoms with Gasteiger partial charge in [-0.15, -0.1) is 0 Å². The minimum absolute atomic E-state index is 0.00712. The molecular formula is C17H18N4O. The maximum atomic E-state index is 11.6. The molecule has 3 rings (SSSR count). The van der Waals surface area contributed by atoms with Crippen molar-refractivity contribution in [3.63, 3.8) is 0 Å². The molecule has 0 radical (unpaired) electrons. The predicted octanol–water partition coefficient (Wildman–Crippen LogP) is 1.98. The van der Waals surface area contributed by atoms with Gasteiger partial charge in [-0.25, -0.2) is 9.97 Å². The SMILES string of the molecule is C=CC(=O)N1CCN(c2ccnc(-c3ccccc3)n2)CC1. The van der Waals surface area contributed by atoms with Crippen molar-refractivity contribution in [3.8, 4) is 11.4 Å². The number of anilines is 1. The zero-order valence-corrected chi connectivity index (χ0v) is 12.4. The zero-order chi connectivity index (χ0) is 15.4. The first-order valence-corrected chi connectivity index (χ1v) is 7.32. The first-order chi connectivity index (χ1) is 10.8. The molecule has 0 spiro atoms. The molecule has 0 atom stereocenters. The summed E-state index contributed by atoms with van der Waals surface area (Å²) in [4.78, 5) is 24.6. The largest absolute Gasteiger partial charge is 0.353 e. The highest BCUT2D eigenvalue weighted by Crippen LogP contribution is 2.19. The molecule has 22 heavy (non-hydrogen) atoms. The topological polar surface area (TPSA) is 49.3 Å². The first kappa shape index (κ1) is 14.3. The van der Waals surface area contributed by atoms with E-state index in [0.717, 1.165) is 30.3 Å². The van der Waals surface area contributed by atoms with E-state index in [1.165, 1.54) is 6.08 Å². The summed E-state index contributed by atoms with van der Waals surface area (Å²) in [6.07, 6.45) is 3.15. The molecule has 0 aliphatic carbocycles. The van der Waals surface area contributed by atoms with Crippen molar-refractivity contribution in [2.24, 2.45) is 0 Å². The number of carbonyl (C=O) groups is 1. The Morgan fingerprint density at radius 2 is 1.82 bits per heavy atom. The standard InChI is InChI=1S/C17H18N4O/c1-2-16(22)21-12-10-20(11-13-21)15-8-9-18-17(19-15)14-6-4-3-5-7-14/h2-9H,1,10-13H2. The van der Waals surface area contributed by atoms with Crippen LogP contribution in [0.1, 0.15) is 0 Å². The minimum Gasteiger partial charge on any atom is -0.353 e. The molecule has 112 valence electrons. The fraction of sp³-hybridized carbons (Fsp3) is 0.235. The maximum absolute atomic E-state index is 11.6. The van der Waals surface area contributed by atoms with Gasteiger partial charge in [0.2, 0.25) is 5.91 Å². The van der Waals surface area contributed by atoms with E-state index in [-0.39, 0.29) is 5.91 Å². The Kier molecular flexibility index (Phi) is 4.14. The molecule has 0 N–H and O–H groups in total. The van der Waals surface area contributed by atoms with Crippen molar-refractivity contribution in [2.75, 3.05) is 31.1 Å². The van der Waals surface area contributed by atoms with Crippen LogP contribution in [0.5, 0.6) is 0 Å². The lowest BCUT2D eigenvalue weighted by Gasteiger charge is -2.34. The van der Waals surface area contributed by atoms with Gasteiger partial charge in [-0.2, -0.15) is 0 Å². The van der Waals surface area contributed by atoms with Crippen molar-refractivity contribution in [3.05, 3.63) is 55.3 Å². The summed E-state index contributed by atoms with van der Waals surface area (Å²) >= 11 is 0. The Morgan fingerprint density at radius 1 is 1.09 bits per heavy atom. The second-order valence-corrected chi connectivity index (χ2v) is 5.12. The summed E-state index contributed by atoms with van der Waals surface area (Å²) in [7, 11) is 0. The van der Waals surface area contributed by atoms with Crippen molar-refractivity contribution >= 4 is 11.7 Å². The van der Waals surface area contributed by atoms with Gasteiger partial charge in [-0.1, -0.05) is 36.9 Å². The number of carbonyl (C=O) groups excluding carboxylic acids is 1. The van der Waals surface area contributed by atoms with Gasteiger partial charge >= 0.3 is 0 Å². The third kappa shape index (κ3) is 2.98. The fourth-order valence-corrected chi connectivity index (χ4v) is 2.54. The number of piperazine rings is 1. The predicted molar refractivity (Wildman–Crippen MR) is 86.5 cm³/mol. The van der Waals surface area contributed by atoms with Crippen LogP contribution in [-0.4, -0.2) is 47.0 Å². The lowest BCUT2D eigenvalue weighted by Crippen LogP contribution is -2.48. The molecule has 1 aliphatic heterocycles. The molecule has 0 bridgehead atoms. The van der Waals surface area contributed by atoms with Crippen molar-refractivity contribution in [1.29, 1.82) is 0 Å². The van der Waals surface area contributed by atoms with E-state index in [1.807, 2.05) is 41.3 Å². The highest BCUT2D eigenvalue weighted by molar-refractivity contribution is 5.87. The molecule has 0 unspecified atom stereocenters. The van der Waals surface area contributed by atoms with Crippen LogP contribution in [0.15, 0.2) is 55.3 Å². The lowest BCUT2D eigenvalue weighted by atomic mass is 10.2. The fourth-order valence-electron chi connectivity index (χ4n) is 2.54. The number of hydrogen-bond donors (Lipinski definition) is 0. The van der Waals surface area contributed by atoms with Crippen LogP contribution in [0.25, 0.3) is 11.4 Å². The van der Waals surface area contributed by atoms with Gasteiger partial charge in [0.25, 0.3) is 0 Å². The van der Waals surface area contributed by atoms with E-state index in [1.54, 1.807) is 6.20 Å². The van der Waals surface area contributed by atoms with E-state index < -0.39 is 0 Å². The second-order valence-electron chi connectivity index (χ2n) is 5.12. The van der Waals surface area contributed by atoms with E-state index in [2.05, 4.69) is 21.4 Å². The van der Waals surface area contributed by atoms with E-state index in [9.17, 15) is 4.79 Å². The average molecular weight is 294 g/mol. The van der Waals surface area contributed by atoms with Crippen molar-refractivity contribution < 1.29 is 4.79 Å².